The van der Waals surface area contributed by atoms with Crippen molar-refractivity contribution in [2.24, 2.45) is 5.41 Å². The third-order valence-electron chi connectivity index (χ3n) is 4.32. The summed E-state index contributed by atoms with van der Waals surface area (Å²) < 4.78 is 0. The zero-order valence-electron chi connectivity index (χ0n) is 11.7. The van der Waals surface area contributed by atoms with Crippen LogP contribution in [-0.4, -0.2) is 22.5 Å². The molecule has 2 rings (SSSR count). The second kappa shape index (κ2) is 5.89. The molecule has 21 heavy (non-hydrogen) atoms. The number of carboxylic acids is 1. The first kappa shape index (κ1) is 15.6. The Morgan fingerprint density at radius 2 is 2.19 bits per heavy atom. The van der Waals surface area contributed by atoms with Crippen LogP contribution in [0.15, 0.2) is 12.1 Å². The number of nitrogens with one attached hydrogen (secondary N) is 1. The number of aromatic carboxylic acids is 1. The molecule has 1 saturated carbocycles. The first-order chi connectivity index (χ1) is 9.88. The average Bonchev–Trinajstić information content (AvgIpc) is 2.38. The lowest BCUT2D eigenvalue weighted by Gasteiger charge is -2.41. The van der Waals surface area contributed by atoms with Crippen molar-refractivity contribution in [1.82, 2.24) is 0 Å². The number of hydrogen-bond donors (Lipinski definition) is 2. The molecular weight excluding hydrogens is 296 g/mol. The van der Waals surface area contributed by atoms with Crippen LogP contribution in [0.2, 0.25) is 5.02 Å². The van der Waals surface area contributed by atoms with Crippen molar-refractivity contribution in [3.05, 3.63) is 32.8 Å². The van der Waals surface area contributed by atoms with Crippen LogP contribution in [0, 0.1) is 15.5 Å². The number of nitro benzene ring substituents is 1. The zero-order chi connectivity index (χ0) is 15.6. The number of non-ortho nitro benzene ring substituents is 1. The molecule has 0 aromatic heterocycles. The van der Waals surface area contributed by atoms with Crippen LogP contribution in [0.3, 0.4) is 0 Å². The van der Waals surface area contributed by atoms with Crippen molar-refractivity contribution >= 4 is 28.9 Å². The van der Waals surface area contributed by atoms with E-state index in [4.69, 9.17) is 11.6 Å². The van der Waals surface area contributed by atoms with Crippen LogP contribution in [0.5, 0.6) is 0 Å². The molecule has 0 bridgehead atoms. The van der Waals surface area contributed by atoms with Gasteiger partial charge in [0.25, 0.3) is 5.69 Å². The smallest absolute Gasteiger partial charge is 0.338 e. The van der Waals surface area contributed by atoms with Crippen molar-refractivity contribution < 1.29 is 14.8 Å². The fraction of sp³-hybridized carbons (Fsp3) is 0.500. The second-order valence-electron chi connectivity index (χ2n) is 5.47. The summed E-state index contributed by atoms with van der Waals surface area (Å²) in [5.41, 5.74) is -0.0491. The molecule has 1 aromatic rings. The van der Waals surface area contributed by atoms with Gasteiger partial charge in [-0.3, -0.25) is 10.1 Å². The van der Waals surface area contributed by atoms with E-state index in [1.165, 1.54) is 12.5 Å². The number of anilines is 1. The molecule has 0 heterocycles. The summed E-state index contributed by atoms with van der Waals surface area (Å²) in [6.45, 7) is 2.73. The van der Waals surface area contributed by atoms with Crippen LogP contribution < -0.4 is 5.32 Å². The average molecular weight is 313 g/mol. The SMILES string of the molecule is CCC1(CNc2c(Cl)cc([N+](=O)[O-])cc2C(=O)O)CCC1. The number of carboxylic acid groups (broad SMARTS) is 1. The van der Waals surface area contributed by atoms with Gasteiger partial charge in [-0.2, -0.15) is 0 Å². The second-order valence-corrected chi connectivity index (χ2v) is 5.88. The Morgan fingerprint density at radius 3 is 2.62 bits per heavy atom. The standard InChI is InChI=1S/C14H17ClN2O4/c1-2-14(4-3-5-14)8-16-12-10(13(18)19)6-9(17(20)21)7-11(12)15/h6-7,16H,2-5,8H2,1H3,(H,18,19). The van der Waals surface area contributed by atoms with Crippen LogP contribution >= 0.6 is 11.6 Å². The Hall–Kier alpha value is -1.82. The number of nitrogens with zero attached hydrogens (tertiary/aromatic N) is 1. The predicted molar refractivity (Wildman–Crippen MR) is 80.1 cm³/mol. The molecule has 1 fully saturated rings. The lowest BCUT2D eigenvalue weighted by Crippen LogP contribution is -2.36. The van der Waals surface area contributed by atoms with Gasteiger partial charge in [-0.1, -0.05) is 24.9 Å². The maximum absolute atomic E-state index is 11.3. The first-order valence-corrected chi connectivity index (χ1v) is 7.21. The van der Waals surface area contributed by atoms with Crippen molar-refractivity contribution in [2.45, 2.75) is 32.6 Å². The molecule has 114 valence electrons. The van der Waals surface area contributed by atoms with E-state index in [0.29, 0.717) is 6.54 Å². The molecule has 1 aliphatic rings. The van der Waals surface area contributed by atoms with Crippen LogP contribution in [0.25, 0.3) is 0 Å². The fourth-order valence-electron chi connectivity index (χ4n) is 2.65. The van der Waals surface area contributed by atoms with Crippen LogP contribution in [0.1, 0.15) is 43.0 Å². The lowest BCUT2D eigenvalue weighted by molar-refractivity contribution is -0.384. The third kappa shape index (κ3) is 3.10. The van der Waals surface area contributed by atoms with Gasteiger partial charge in [-0.25, -0.2) is 4.79 Å². The molecule has 0 radical (unpaired) electrons. The van der Waals surface area contributed by atoms with E-state index >= 15 is 0 Å². The molecule has 0 spiro atoms. The van der Waals surface area contributed by atoms with Crippen molar-refractivity contribution in [1.29, 1.82) is 0 Å². The highest BCUT2D eigenvalue weighted by Crippen LogP contribution is 2.44. The van der Waals surface area contributed by atoms with Gasteiger partial charge in [0.1, 0.15) is 0 Å². The minimum atomic E-state index is -1.23. The normalized spacial score (nSPS) is 16.1. The molecule has 6 nitrogen and oxygen atoms in total. The molecule has 7 heteroatoms. The molecular formula is C14H17ClN2O4. The number of carbonyl (C=O) groups is 1. The Bertz CT molecular complexity index is 579. The highest BCUT2D eigenvalue weighted by Gasteiger charge is 2.35. The van der Waals surface area contributed by atoms with Gasteiger partial charge in [-0.05, 0) is 24.7 Å². The minimum absolute atomic E-state index is 0.0622. The lowest BCUT2D eigenvalue weighted by atomic mass is 9.67. The molecule has 1 aromatic carbocycles. The topological polar surface area (TPSA) is 92.5 Å². The Labute approximate surface area is 127 Å². The predicted octanol–water partition coefficient (Wildman–Crippen LogP) is 3.94. The van der Waals surface area contributed by atoms with Gasteiger partial charge in [0, 0.05) is 18.7 Å². The summed E-state index contributed by atoms with van der Waals surface area (Å²) in [4.78, 5) is 21.4. The largest absolute Gasteiger partial charge is 0.478 e. The van der Waals surface area contributed by atoms with E-state index in [2.05, 4.69) is 12.2 Å². The summed E-state index contributed by atoms with van der Waals surface area (Å²) in [6.07, 6.45) is 4.38. The third-order valence-corrected chi connectivity index (χ3v) is 4.62. The number of nitro groups is 1. The Kier molecular flexibility index (Phi) is 4.37. The van der Waals surface area contributed by atoms with Gasteiger partial charge < -0.3 is 10.4 Å². The van der Waals surface area contributed by atoms with Gasteiger partial charge in [-0.15, -0.1) is 0 Å². The van der Waals surface area contributed by atoms with E-state index in [-0.39, 0.29) is 27.4 Å². The molecule has 0 saturated heterocycles. The molecule has 0 aliphatic heterocycles. The highest BCUT2D eigenvalue weighted by molar-refractivity contribution is 6.34. The van der Waals surface area contributed by atoms with E-state index in [1.54, 1.807) is 0 Å². The monoisotopic (exact) mass is 312 g/mol. The number of rotatable bonds is 6. The maximum atomic E-state index is 11.3. The van der Waals surface area contributed by atoms with E-state index in [0.717, 1.165) is 25.3 Å². The summed E-state index contributed by atoms with van der Waals surface area (Å²) in [7, 11) is 0. The van der Waals surface area contributed by atoms with Crippen molar-refractivity contribution in [3.63, 3.8) is 0 Å². The van der Waals surface area contributed by atoms with Crippen LogP contribution in [0.4, 0.5) is 11.4 Å². The quantitative estimate of drug-likeness (QED) is 0.613. The van der Waals surface area contributed by atoms with Gasteiger partial charge in [0.2, 0.25) is 0 Å². The molecule has 2 N–H and O–H groups in total. The molecule has 1 aliphatic carbocycles. The number of halogens is 1. The van der Waals surface area contributed by atoms with E-state index in [9.17, 15) is 20.0 Å². The summed E-state index contributed by atoms with van der Waals surface area (Å²) in [6, 6.07) is 2.21. The van der Waals surface area contributed by atoms with E-state index in [1.807, 2.05) is 0 Å². The fourth-order valence-corrected chi connectivity index (χ4v) is 2.93. The van der Waals surface area contributed by atoms with Crippen molar-refractivity contribution in [3.8, 4) is 0 Å². The summed E-state index contributed by atoms with van der Waals surface area (Å²) >= 11 is 6.03. The van der Waals surface area contributed by atoms with Crippen molar-refractivity contribution in [2.75, 3.05) is 11.9 Å². The Morgan fingerprint density at radius 1 is 1.52 bits per heavy atom. The number of benzene rings is 1. The van der Waals surface area contributed by atoms with Crippen LogP contribution in [-0.2, 0) is 0 Å². The Balaban J connectivity index is 2.29. The van der Waals surface area contributed by atoms with Gasteiger partial charge in [0.05, 0.1) is 21.2 Å². The van der Waals surface area contributed by atoms with Gasteiger partial charge in [0.15, 0.2) is 0 Å². The maximum Gasteiger partial charge on any atom is 0.338 e. The molecule has 0 amide bonds. The summed E-state index contributed by atoms with van der Waals surface area (Å²) in [5.74, 6) is -1.23. The summed E-state index contributed by atoms with van der Waals surface area (Å²) in [5, 5.41) is 23.2. The van der Waals surface area contributed by atoms with E-state index < -0.39 is 10.9 Å². The first-order valence-electron chi connectivity index (χ1n) is 6.84. The van der Waals surface area contributed by atoms with Gasteiger partial charge >= 0.3 is 5.97 Å². The minimum Gasteiger partial charge on any atom is -0.478 e. The number of hydrogen-bond acceptors (Lipinski definition) is 4. The highest BCUT2D eigenvalue weighted by atomic mass is 35.5. The molecule has 0 atom stereocenters. The molecule has 0 unspecified atom stereocenters. The zero-order valence-corrected chi connectivity index (χ0v) is 12.4.